The molecule has 23 heavy (non-hydrogen) atoms. The van der Waals surface area contributed by atoms with Crippen LogP contribution in [0.5, 0.6) is 0 Å². The van der Waals surface area contributed by atoms with Gasteiger partial charge in [-0.1, -0.05) is 88.5 Å². The van der Waals surface area contributed by atoms with E-state index in [-0.39, 0.29) is 0 Å². The SMILES string of the molecule is CC(C)C1=CC=C2C(=CC(C)C2[SiH](C)C)C(c2ccccc2)=C1. The molecule has 2 aliphatic carbocycles. The molecule has 0 radical (unpaired) electrons. The molecule has 0 spiro atoms. The van der Waals surface area contributed by atoms with E-state index in [1.807, 2.05) is 0 Å². The van der Waals surface area contributed by atoms with Crippen molar-refractivity contribution >= 4 is 14.4 Å². The van der Waals surface area contributed by atoms with Crippen LogP contribution in [0, 0.1) is 11.8 Å². The summed E-state index contributed by atoms with van der Waals surface area (Å²) in [7, 11) is -0.738. The van der Waals surface area contributed by atoms with Crippen molar-refractivity contribution in [1.29, 1.82) is 0 Å². The number of allylic oxidation sites excluding steroid dienone is 8. The lowest BCUT2D eigenvalue weighted by Crippen LogP contribution is -2.17. The molecule has 0 saturated carbocycles. The molecule has 0 nitrogen and oxygen atoms in total. The van der Waals surface area contributed by atoms with Crippen molar-refractivity contribution in [3.8, 4) is 0 Å². The van der Waals surface area contributed by atoms with Crippen molar-refractivity contribution in [2.75, 3.05) is 0 Å². The number of fused-ring (bicyclic) bond motifs is 1. The van der Waals surface area contributed by atoms with Gasteiger partial charge in [-0.05, 0) is 45.2 Å². The van der Waals surface area contributed by atoms with Gasteiger partial charge in [0, 0.05) is 8.80 Å². The molecule has 0 bridgehead atoms. The van der Waals surface area contributed by atoms with Gasteiger partial charge in [-0.2, -0.15) is 0 Å². The normalized spacial score (nSPS) is 24.0. The van der Waals surface area contributed by atoms with E-state index >= 15 is 0 Å². The maximum absolute atomic E-state index is 2.53. The van der Waals surface area contributed by atoms with E-state index < -0.39 is 8.80 Å². The predicted molar refractivity (Wildman–Crippen MR) is 105 cm³/mol. The Morgan fingerprint density at radius 2 is 1.65 bits per heavy atom. The lowest BCUT2D eigenvalue weighted by atomic mass is 9.92. The van der Waals surface area contributed by atoms with E-state index in [0.29, 0.717) is 11.8 Å². The van der Waals surface area contributed by atoms with Crippen LogP contribution in [0.25, 0.3) is 5.57 Å². The molecule has 2 aliphatic rings. The molecule has 120 valence electrons. The molecule has 0 aromatic heterocycles. The third-order valence-corrected chi connectivity index (χ3v) is 7.60. The number of benzene rings is 1. The van der Waals surface area contributed by atoms with E-state index in [9.17, 15) is 0 Å². The Balaban J connectivity index is 2.16. The molecule has 1 aromatic rings. The zero-order valence-electron chi connectivity index (χ0n) is 15.0. The van der Waals surface area contributed by atoms with Crippen LogP contribution in [0.4, 0.5) is 0 Å². The predicted octanol–water partition coefficient (Wildman–Crippen LogP) is 6.03. The summed E-state index contributed by atoms with van der Waals surface area (Å²) in [5.41, 5.74) is 8.03. The monoisotopic (exact) mass is 320 g/mol. The first-order valence-electron chi connectivity index (χ1n) is 8.90. The topological polar surface area (TPSA) is 0 Å². The van der Waals surface area contributed by atoms with Gasteiger partial charge >= 0.3 is 0 Å². The summed E-state index contributed by atoms with van der Waals surface area (Å²) in [6, 6.07) is 10.9. The lowest BCUT2D eigenvalue weighted by Gasteiger charge is -2.22. The summed E-state index contributed by atoms with van der Waals surface area (Å²) in [5.74, 6) is 1.22. The zero-order valence-corrected chi connectivity index (χ0v) is 16.2. The van der Waals surface area contributed by atoms with Gasteiger partial charge in [0.15, 0.2) is 0 Å². The molecule has 0 N–H and O–H groups in total. The molecule has 2 unspecified atom stereocenters. The van der Waals surface area contributed by atoms with Crippen molar-refractivity contribution in [3.63, 3.8) is 0 Å². The fraction of sp³-hybridized carbons (Fsp3) is 0.364. The fourth-order valence-electron chi connectivity index (χ4n) is 4.03. The summed E-state index contributed by atoms with van der Waals surface area (Å²) in [6.45, 7) is 12.0. The quantitative estimate of drug-likeness (QED) is 0.597. The Bertz CT molecular complexity index is 699. The van der Waals surface area contributed by atoms with E-state index in [0.717, 1.165) is 5.54 Å². The minimum atomic E-state index is -0.738. The third kappa shape index (κ3) is 3.07. The van der Waals surface area contributed by atoms with Gasteiger partial charge in [-0.25, -0.2) is 0 Å². The Morgan fingerprint density at radius 1 is 0.957 bits per heavy atom. The Hall–Kier alpha value is -1.60. The molecule has 0 saturated heterocycles. The molecule has 1 heteroatoms. The molecule has 0 aliphatic heterocycles. The van der Waals surface area contributed by atoms with E-state index in [4.69, 9.17) is 0 Å². The van der Waals surface area contributed by atoms with Crippen LogP contribution in [0.3, 0.4) is 0 Å². The fourth-order valence-corrected chi connectivity index (χ4v) is 6.37. The van der Waals surface area contributed by atoms with Crippen molar-refractivity contribution in [3.05, 3.63) is 76.9 Å². The van der Waals surface area contributed by atoms with Gasteiger partial charge in [0.05, 0.1) is 0 Å². The van der Waals surface area contributed by atoms with Crippen molar-refractivity contribution in [1.82, 2.24) is 0 Å². The highest BCUT2D eigenvalue weighted by Crippen LogP contribution is 2.48. The molecular formula is C22H28Si. The standard InChI is InChI=1S/C22H28Si/c1-15(2)18-11-12-19-21(13-16(3)22(19)23(4)5)20(14-18)17-9-7-6-8-10-17/h6-16,22-23H,1-5H3. The van der Waals surface area contributed by atoms with Crippen LogP contribution in [0.1, 0.15) is 26.3 Å². The van der Waals surface area contributed by atoms with Gasteiger partial charge in [-0.3, -0.25) is 0 Å². The van der Waals surface area contributed by atoms with Crippen molar-refractivity contribution in [2.24, 2.45) is 11.8 Å². The second-order valence-electron chi connectivity index (χ2n) is 7.58. The van der Waals surface area contributed by atoms with E-state index in [2.05, 4.69) is 88.5 Å². The van der Waals surface area contributed by atoms with Crippen LogP contribution in [0.15, 0.2) is 71.4 Å². The molecule has 0 heterocycles. The highest BCUT2D eigenvalue weighted by molar-refractivity contribution is 6.58. The summed E-state index contributed by atoms with van der Waals surface area (Å²) in [5, 5.41) is 0. The Morgan fingerprint density at radius 3 is 2.26 bits per heavy atom. The Labute approximate surface area is 142 Å². The van der Waals surface area contributed by atoms with Crippen LogP contribution < -0.4 is 0 Å². The summed E-state index contributed by atoms with van der Waals surface area (Å²) in [6.07, 6.45) is 9.74. The molecule has 1 aromatic carbocycles. The summed E-state index contributed by atoms with van der Waals surface area (Å²) in [4.78, 5) is 0. The lowest BCUT2D eigenvalue weighted by molar-refractivity contribution is 0.742. The first-order chi connectivity index (χ1) is 11.0. The average Bonchev–Trinajstić information content (AvgIpc) is 2.73. The third-order valence-electron chi connectivity index (χ3n) is 5.19. The van der Waals surface area contributed by atoms with E-state index in [1.165, 1.54) is 22.3 Å². The van der Waals surface area contributed by atoms with Crippen molar-refractivity contribution in [2.45, 2.75) is 39.4 Å². The van der Waals surface area contributed by atoms with Gasteiger partial charge in [0.1, 0.15) is 0 Å². The average molecular weight is 321 g/mol. The van der Waals surface area contributed by atoms with Gasteiger partial charge < -0.3 is 0 Å². The van der Waals surface area contributed by atoms with Crippen LogP contribution in [0.2, 0.25) is 18.6 Å². The first-order valence-corrected chi connectivity index (χ1v) is 11.9. The molecular weight excluding hydrogens is 292 g/mol. The summed E-state index contributed by atoms with van der Waals surface area (Å²) >= 11 is 0. The maximum atomic E-state index is 2.53. The molecule has 3 rings (SSSR count). The minimum absolute atomic E-state index is 0.553. The highest BCUT2D eigenvalue weighted by Gasteiger charge is 2.34. The van der Waals surface area contributed by atoms with Crippen LogP contribution in [-0.2, 0) is 0 Å². The largest absolute Gasteiger partial charge is 0.0732 e. The number of rotatable bonds is 3. The molecule has 2 atom stereocenters. The maximum Gasteiger partial charge on any atom is 0.0395 e. The number of hydrogen-bond acceptors (Lipinski definition) is 0. The van der Waals surface area contributed by atoms with Crippen LogP contribution in [-0.4, -0.2) is 8.80 Å². The summed E-state index contributed by atoms with van der Waals surface area (Å²) < 4.78 is 0. The van der Waals surface area contributed by atoms with Gasteiger partial charge in [0.2, 0.25) is 0 Å². The minimum Gasteiger partial charge on any atom is -0.0732 e. The first kappa shape index (κ1) is 16.3. The molecule has 0 amide bonds. The van der Waals surface area contributed by atoms with E-state index in [1.54, 1.807) is 5.57 Å². The number of hydrogen-bond donors (Lipinski definition) is 0. The van der Waals surface area contributed by atoms with Gasteiger partial charge in [0.25, 0.3) is 0 Å². The van der Waals surface area contributed by atoms with Crippen LogP contribution >= 0.6 is 0 Å². The second kappa shape index (κ2) is 6.49. The van der Waals surface area contributed by atoms with Crippen molar-refractivity contribution < 1.29 is 0 Å². The smallest absolute Gasteiger partial charge is 0.0395 e. The second-order valence-corrected chi connectivity index (χ2v) is 10.8. The highest BCUT2D eigenvalue weighted by atomic mass is 28.3. The molecule has 0 fully saturated rings. The Kier molecular flexibility index (Phi) is 4.59. The van der Waals surface area contributed by atoms with Gasteiger partial charge in [-0.15, -0.1) is 0 Å². The zero-order chi connectivity index (χ0) is 16.6.